The molecular weight excluding hydrogens is 194 g/mol. The fourth-order valence-corrected chi connectivity index (χ4v) is 1.92. The van der Waals surface area contributed by atoms with Crippen LogP contribution in [0.15, 0.2) is 0 Å². The summed E-state index contributed by atoms with van der Waals surface area (Å²) in [6, 6.07) is 0. The van der Waals surface area contributed by atoms with Gasteiger partial charge in [-0.05, 0) is 12.8 Å². The summed E-state index contributed by atoms with van der Waals surface area (Å²) in [4.78, 5) is 23.6. The number of carboxylic acid groups (broad SMARTS) is 1. The van der Waals surface area contributed by atoms with E-state index in [1.165, 1.54) is 4.90 Å². The molecule has 0 aromatic carbocycles. The number of carboxylic acids is 1. The second-order valence-electron chi connectivity index (χ2n) is 3.77. The average Bonchev–Trinajstić information content (AvgIpc) is 2.68. The summed E-state index contributed by atoms with van der Waals surface area (Å²) in [5, 5.41) is 8.64. The highest BCUT2D eigenvalue weighted by Crippen LogP contribution is 2.26. The molecule has 1 amide bonds. The smallest absolute Gasteiger partial charge is 0.323 e. The minimum absolute atomic E-state index is 0.0160. The SMILES string of the molecule is C#CCN(CC(=O)O)C(=O)C1CCCC1. The van der Waals surface area contributed by atoms with E-state index in [9.17, 15) is 9.59 Å². The molecule has 1 fully saturated rings. The van der Waals surface area contributed by atoms with Crippen molar-refractivity contribution in [2.75, 3.05) is 13.1 Å². The largest absolute Gasteiger partial charge is 0.480 e. The first-order valence-corrected chi connectivity index (χ1v) is 5.09. The van der Waals surface area contributed by atoms with Gasteiger partial charge in [-0.15, -0.1) is 6.42 Å². The Hall–Kier alpha value is -1.50. The first kappa shape index (κ1) is 11.6. The van der Waals surface area contributed by atoms with Crippen molar-refractivity contribution in [3.8, 4) is 12.3 Å². The highest BCUT2D eigenvalue weighted by molar-refractivity contribution is 5.83. The molecule has 1 N–H and O–H groups in total. The second kappa shape index (κ2) is 5.40. The highest BCUT2D eigenvalue weighted by atomic mass is 16.4. The van der Waals surface area contributed by atoms with Crippen molar-refractivity contribution < 1.29 is 14.7 Å². The molecule has 15 heavy (non-hydrogen) atoms. The van der Waals surface area contributed by atoms with Crippen LogP contribution in [0.3, 0.4) is 0 Å². The van der Waals surface area contributed by atoms with Crippen molar-refractivity contribution in [3.63, 3.8) is 0 Å². The van der Waals surface area contributed by atoms with Gasteiger partial charge in [0, 0.05) is 5.92 Å². The lowest BCUT2D eigenvalue weighted by Crippen LogP contribution is -2.39. The van der Waals surface area contributed by atoms with Crippen LogP contribution >= 0.6 is 0 Å². The zero-order chi connectivity index (χ0) is 11.3. The molecule has 1 aliphatic rings. The number of rotatable bonds is 4. The van der Waals surface area contributed by atoms with Crippen LogP contribution in [0.2, 0.25) is 0 Å². The third-order valence-corrected chi connectivity index (χ3v) is 2.62. The van der Waals surface area contributed by atoms with Gasteiger partial charge in [-0.3, -0.25) is 9.59 Å². The van der Waals surface area contributed by atoms with Crippen molar-refractivity contribution in [2.24, 2.45) is 5.92 Å². The van der Waals surface area contributed by atoms with Crippen molar-refractivity contribution in [1.29, 1.82) is 0 Å². The van der Waals surface area contributed by atoms with Crippen LogP contribution < -0.4 is 0 Å². The standard InChI is InChI=1S/C11H15NO3/c1-2-7-12(8-10(13)14)11(15)9-5-3-4-6-9/h1,9H,3-8H2,(H,13,14). The van der Waals surface area contributed by atoms with Gasteiger partial charge in [0.25, 0.3) is 0 Å². The first-order chi connectivity index (χ1) is 7.15. The van der Waals surface area contributed by atoms with Gasteiger partial charge >= 0.3 is 5.97 Å². The Balaban J connectivity index is 2.57. The summed E-state index contributed by atoms with van der Waals surface area (Å²) >= 11 is 0. The molecular formula is C11H15NO3. The summed E-state index contributed by atoms with van der Waals surface area (Å²) in [6.45, 7) is -0.207. The number of carbonyl (C=O) groups is 2. The molecule has 0 unspecified atom stereocenters. The number of aliphatic carboxylic acids is 1. The van der Waals surface area contributed by atoms with E-state index in [0.29, 0.717) is 0 Å². The molecule has 0 spiro atoms. The highest BCUT2D eigenvalue weighted by Gasteiger charge is 2.27. The van der Waals surface area contributed by atoms with Gasteiger partial charge in [-0.25, -0.2) is 0 Å². The number of carbonyl (C=O) groups excluding carboxylic acids is 1. The molecule has 0 aliphatic heterocycles. The molecule has 4 heteroatoms. The van der Waals surface area contributed by atoms with E-state index in [4.69, 9.17) is 11.5 Å². The summed E-state index contributed by atoms with van der Waals surface area (Å²) in [7, 11) is 0. The summed E-state index contributed by atoms with van der Waals surface area (Å²) in [5.41, 5.74) is 0. The molecule has 0 aromatic rings. The van der Waals surface area contributed by atoms with E-state index in [2.05, 4.69) is 5.92 Å². The fraction of sp³-hybridized carbons (Fsp3) is 0.636. The lowest BCUT2D eigenvalue weighted by atomic mass is 10.1. The summed E-state index contributed by atoms with van der Waals surface area (Å²) < 4.78 is 0. The first-order valence-electron chi connectivity index (χ1n) is 5.09. The predicted octanol–water partition coefficient (Wildman–Crippen LogP) is 0.723. The Morgan fingerprint density at radius 1 is 1.40 bits per heavy atom. The van der Waals surface area contributed by atoms with Crippen LogP contribution in [0.5, 0.6) is 0 Å². The zero-order valence-electron chi connectivity index (χ0n) is 8.61. The van der Waals surface area contributed by atoms with E-state index in [0.717, 1.165) is 25.7 Å². The molecule has 1 saturated carbocycles. The molecule has 0 saturated heterocycles. The van der Waals surface area contributed by atoms with Gasteiger partial charge in [0.1, 0.15) is 6.54 Å². The summed E-state index contributed by atoms with van der Waals surface area (Å²) in [5.74, 6) is 1.18. The quantitative estimate of drug-likeness (QED) is 0.694. The molecule has 0 radical (unpaired) electrons. The van der Waals surface area contributed by atoms with Crippen LogP contribution in [0.4, 0.5) is 0 Å². The minimum Gasteiger partial charge on any atom is -0.480 e. The van der Waals surface area contributed by atoms with Gasteiger partial charge in [-0.1, -0.05) is 18.8 Å². The van der Waals surface area contributed by atoms with Crippen molar-refractivity contribution in [1.82, 2.24) is 4.90 Å². The van der Waals surface area contributed by atoms with Crippen LogP contribution in [0.25, 0.3) is 0 Å². The molecule has 1 rings (SSSR count). The third kappa shape index (κ3) is 3.28. The fourth-order valence-electron chi connectivity index (χ4n) is 1.92. The Bertz CT molecular complexity index is 287. The molecule has 82 valence electrons. The number of hydrogen-bond donors (Lipinski definition) is 1. The maximum atomic E-state index is 11.8. The van der Waals surface area contributed by atoms with E-state index in [-0.39, 0.29) is 24.9 Å². The van der Waals surface area contributed by atoms with Gasteiger partial charge in [0.05, 0.1) is 6.54 Å². The van der Waals surface area contributed by atoms with Crippen LogP contribution in [-0.4, -0.2) is 35.0 Å². The van der Waals surface area contributed by atoms with Crippen LogP contribution in [0.1, 0.15) is 25.7 Å². The van der Waals surface area contributed by atoms with Crippen molar-refractivity contribution in [2.45, 2.75) is 25.7 Å². The Kier molecular flexibility index (Phi) is 4.17. The normalized spacial score (nSPS) is 15.9. The van der Waals surface area contributed by atoms with Gasteiger partial charge < -0.3 is 10.0 Å². The molecule has 0 bridgehead atoms. The van der Waals surface area contributed by atoms with Crippen molar-refractivity contribution >= 4 is 11.9 Å². The average molecular weight is 209 g/mol. The lowest BCUT2D eigenvalue weighted by molar-refractivity contribution is -0.145. The zero-order valence-corrected chi connectivity index (χ0v) is 8.61. The number of hydrogen-bond acceptors (Lipinski definition) is 2. The van der Waals surface area contributed by atoms with Gasteiger partial charge in [-0.2, -0.15) is 0 Å². The van der Waals surface area contributed by atoms with Crippen LogP contribution in [-0.2, 0) is 9.59 Å². The summed E-state index contributed by atoms with van der Waals surface area (Å²) in [6.07, 6.45) is 8.92. The number of nitrogens with zero attached hydrogens (tertiary/aromatic N) is 1. The van der Waals surface area contributed by atoms with Crippen molar-refractivity contribution in [3.05, 3.63) is 0 Å². The lowest BCUT2D eigenvalue weighted by Gasteiger charge is -2.21. The predicted molar refractivity (Wildman–Crippen MR) is 55.0 cm³/mol. The number of amides is 1. The van der Waals surface area contributed by atoms with E-state index < -0.39 is 5.97 Å². The monoisotopic (exact) mass is 209 g/mol. The molecule has 1 aliphatic carbocycles. The van der Waals surface area contributed by atoms with Gasteiger partial charge in [0.15, 0.2) is 0 Å². The van der Waals surface area contributed by atoms with E-state index in [1.54, 1.807) is 0 Å². The second-order valence-corrected chi connectivity index (χ2v) is 3.77. The topological polar surface area (TPSA) is 57.6 Å². The Morgan fingerprint density at radius 3 is 2.47 bits per heavy atom. The maximum Gasteiger partial charge on any atom is 0.323 e. The Labute approximate surface area is 89.3 Å². The molecule has 0 atom stereocenters. The van der Waals surface area contributed by atoms with E-state index in [1.807, 2.05) is 0 Å². The minimum atomic E-state index is -1.02. The van der Waals surface area contributed by atoms with E-state index >= 15 is 0 Å². The molecule has 0 aromatic heterocycles. The van der Waals surface area contributed by atoms with Gasteiger partial charge in [0.2, 0.25) is 5.91 Å². The molecule has 0 heterocycles. The third-order valence-electron chi connectivity index (χ3n) is 2.62. The number of terminal acetylenes is 1. The maximum absolute atomic E-state index is 11.8. The molecule has 4 nitrogen and oxygen atoms in total. The van der Waals surface area contributed by atoms with Crippen LogP contribution in [0, 0.1) is 18.3 Å². The Morgan fingerprint density at radius 2 is 2.00 bits per heavy atom.